The van der Waals surface area contributed by atoms with E-state index < -0.39 is 0 Å². The van der Waals surface area contributed by atoms with Gasteiger partial charge in [-0.05, 0) is 32.4 Å². The molecule has 0 aliphatic carbocycles. The Labute approximate surface area is 99.6 Å². The van der Waals surface area contributed by atoms with E-state index in [9.17, 15) is 4.79 Å². The van der Waals surface area contributed by atoms with E-state index in [0.717, 1.165) is 13.1 Å². The minimum atomic E-state index is 0.0636. The van der Waals surface area contributed by atoms with Crippen LogP contribution in [0.5, 0.6) is 0 Å². The van der Waals surface area contributed by atoms with Gasteiger partial charge in [0.2, 0.25) is 5.91 Å². The third-order valence-corrected chi connectivity index (χ3v) is 2.47. The zero-order valence-corrected chi connectivity index (χ0v) is 11.3. The van der Waals surface area contributed by atoms with Crippen LogP contribution in [0.2, 0.25) is 0 Å². The Morgan fingerprint density at radius 3 is 2.38 bits per heavy atom. The maximum absolute atomic E-state index is 11.6. The van der Waals surface area contributed by atoms with Gasteiger partial charge in [-0.25, -0.2) is 0 Å². The zero-order valence-electron chi connectivity index (χ0n) is 11.3. The number of carbonyl (C=O) groups is 1. The predicted molar refractivity (Wildman–Crippen MR) is 68.2 cm³/mol. The van der Waals surface area contributed by atoms with Crippen molar-refractivity contribution in [3.8, 4) is 0 Å². The van der Waals surface area contributed by atoms with E-state index in [0.29, 0.717) is 13.1 Å². The van der Waals surface area contributed by atoms with E-state index in [1.54, 1.807) is 0 Å². The molecular weight excluding hydrogens is 202 g/mol. The Kier molecular flexibility index (Phi) is 6.60. The summed E-state index contributed by atoms with van der Waals surface area (Å²) in [7, 11) is 0. The maximum atomic E-state index is 11.6. The highest BCUT2D eigenvalue weighted by Gasteiger charge is 2.20. The molecule has 0 aromatic carbocycles. The Balaban J connectivity index is 4.15. The van der Waals surface area contributed by atoms with E-state index in [2.05, 4.69) is 31.0 Å². The molecule has 0 rings (SSSR count). The number of nitrogens with one attached hydrogen (secondary N) is 1. The van der Waals surface area contributed by atoms with Crippen LogP contribution in [-0.2, 0) is 4.79 Å². The first-order valence-corrected chi connectivity index (χ1v) is 6.02. The predicted octanol–water partition coefficient (Wildman–Crippen LogP) is 0.818. The topological polar surface area (TPSA) is 58.4 Å². The molecule has 0 aliphatic heterocycles. The van der Waals surface area contributed by atoms with Gasteiger partial charge in [0.1, 0.15) is 0 Å². The highest BCUT2D eigenvalue weighted by atomic mass is 16.2. The largest absolute Gasteiger partial charge is 0.353 e. The van der Waals surface area contributed by atoms with Gasteiger partial charge in [-0.1, -0.05) is 20.8 Å². The van der Waals surface area contributed by atoms with Crippen LogP contribution in [0.4, 0.5) is 0 Å². The fraction of sp³-hybridized carbons (Fsp3) is 0.917. The fourth-order valence-electron chi connectivity index (χ4n) is 1.52. The van der Waals surface area contributed by atoms with Crippen molar-refractivity contribution in [2.24, 2.45) is 11.1 Å². The normalized spacial score (nSPS) is 12.2. The Morgan fingerprint density at radius 2 is 2.00 bits per heavy atom. The third kappa shape index (κ3) is 6.80. The lowest BCUT2D eigenvalue weighted by atomic mass is 9.93. The minimum absolute atomic E-state index is 0.0636. The molecule has 0 saturated heterocycles. The van der Waals surface area contributed by atoms with Crippen molar-refractivity contribution in [3.05, 3.63) is 0 Å². The summed E-state index contributed by atoms with van der Waals surface area (Å²) >= 11 is 0. The maximum Gasteiger partial charge on any atom is 0.234 e. The number of nitrogens with two attached hydrogens (primary N) is 1. The number of nitrogens with zero attached hydrogens (tertiary/aromatic N) is 1. The number of rotatable bonds is 7. The van der Waals surface area contributed by atoms with Crippen LogP contribution in [0, 0.1) is 5.41 Å². The van der Waals surface area contributed by atoms with E-state index in [4.69, 9.17) is 5.73 Å². The molecule has 0 spiro atoms. The summed E-state index contributed by atoms with van der Waals surface area (Å²) in [6.45, 7) is 13.1. The quantitative estimate of drug-likeness (QED) is 0.679. The lowest BCUT2D eigenvalue weighted by molar-refractivity contribution is -0.123. The van der Waals surface area contributed by atoms with Gasteiger partial charge >= 0.3 is 0 Å². The summed E-state index contributed by atoms with van der Waals surface area (Å²) in [5.41, 5.74) is 5.76. The van der Waals surface area contributed by atoms with Gasteiger partial charge in [0.25, 0.3) is 0 Å². The van der Waals surface area contributed by atoms with Crippen molar-refractivity contribution >= 4 is 5.91 Å². The smallest absolute Gasteiger partial charge is 0.234 e. The Morgan fingerprint density at radius 1 is 1.44 bits per heavy atom. The first-order valence-electron chi connectivity index (χ1n) is 6.02. The molecule has 0 unspecified atom stereocenters. The van der Waals surface area contributed by atoms with E-state index in [1.165, 1.54) is 0 Å². The molecule has 0 heterocycles. The van der Waals surface area contributed by atoms with Crippen LogP contribution in [-0.4, -0.2) is 43.0 Å². The van der Waals surface area contributed by atoms with Crippen molar-refractivity contribution < 1.29 is 4.79 Å². The van der Waals surface area contributed by atoms with Gasteiger partial charge in [0.05, 0.1) is 6.54 Å². The lowest BCUT2D eigenvalue weighted by Crippen LogP contribution is -2.45. The van der Waals surface area contributed by atoms with Crippen molar-refractivity contribution in [3.63, 3.8) is 0 Å². The molecule has 0 atom stereocenters. The molecule has 16 heavy (non-hydrogen) atoms. The standard InChI is InChI=1S/C12H27N3O/c1-6-15(9-12(4,5)8-13)7-11(16)14-10(2)3/h10H,6-9,13H2,1-5H3,(H,14,16). The Bertz CT molecular complexity index is 214. The van der Waals surface area contributed by atoms with Gasteiger partial charge in [-0.3, -0.25) is 9.69 Å². The van der Waals surface area contributed by atoms with Crippen LogP contribution >= 0.6 is 0 Å². The molecule has 0 fully saturated rings. The number of hydrogen-bond acceptors (Lipinski definition) is 3. The number of carbonyl (C=O) groups excluding carboxylic acids is 1. The molecule has 0 aromatic rings. The van der Waals surface area contributed by atoms with Crippen LogP contribution in [0.3, 0.4) is 0 Å². The van der Waals surface area contributed by atoms with Crippen molar-refractivity contribution in [1.29, 1.82) is 0 Å². The molecule has 0 aliphatic rings. The summed E-state index contributed by atoms with van der Waals surface area (Å²) in [5.74, 6) is 0.0877. The molecule has 0 saturated carbocycles. The van der Waals surface area contributed by atoms with Gasteiger partial charge in [0.15, 0.2) is 0 Å². The highest BCUT2D eigenvalue weighted by Crippen LogP contribution is 2.14. The molecule has 4 heteroatoms. The molecular formula is C12H27N3O. The Hall–Kier alpha value is -0.610. The first kappa shape index (κ1) is 15.4. The van der Waals surface area contributed by atoms with Crippen LogP contribution in [0.25, 0.3) is 0 Å². The van der Waals surface area contributed by atoms with E-state index in [-0.39, 0.29) is 17.4 Å². The number of amides is 1. The van der Waals surface area contributed by atoms with E-state index in [1.807, 2.05) is 13.8 Å². The second-order valence-electron chi connectivity index (χ2n) is 5.39. The second kappa shape index (κ2) is 6.86. The molecule has 96 valence electrons. The molecule has 1 amide bonds. The average Bonchev–Trinajstić information content (AvgIpc) is 2.15. The van der Waals surface area contributed by atoms with Gasteiger partial charge < -0.3 is 11.1 Å². The zero-order chi connectivity index (χ0) is 12.8. The summed E-state index contributed by atoms with van der Waals surface area (Å²) in [5, 5.41) is 2.90. The molecule has 4 nitrogen and oxygen atoms in total. The third-order valence-electron chi connectivity index (χ3n) is 2.47. The first-order chi connectivity index (χ1) is 7.30. The monoisotopic (exact) mass is 229 g/mol. The molecule has 3 N–H and O–H groups in total. The second-order valence-corrected chi connectivity index (χ2v) is 5.39. The van der Waals surface area contributed by atoms with E-state index >= 15 is 0 Å². The van der Waals surface area contributed by atoms with Crippen molar-refractivity contribution in [2.45, 2.75) is 40.7 Å². The van der Waals surface area contributed by atoms with Crippen LogP contribution in [0.15, 0.2) is 0 Å². The minimum Gasteiger partial charge on any atom is -0.353 e. The number of hydrogen-bond donors (Lipinski definition) is 2. The van der Waals surface area contributed by atoms with Crippen LogP contribution < -0.4 is 11.1 Å². The molecule has 0 bridgehead atoms. The lowest BCUT2D eigenvalue weighted by Gasteiger charge is -2.30. The highest BCUT2D eigenvalue weighted by molar-refractivity contribution is 5.78. The van der Waals surface area contributed by atoms with Crippen molar-refractivity contribution in [2.75, 3.05) is 26.2 Å². The average molecular weight is 229 g/mol. The molecule has 0 aromatic heterocycles. The van der Waals surface area contributed by atoms with Crippen molar-refractivity contribution in [1.82, 2.24) is 10.2 Å². The summed E-state index contributed by atoms with van der Waals surface area (Å²) in [4.78, 5) is 13.7. The van der Waals surface area contributed by atoms with Gasteiger partial charge in [-0.15, -0.1) is 0 Å². The molecule has 0 radical (unpaired) electrons. The number of likely N-dealkylation sites (N-methyl/N-ethyl adjacent to an activating group) is 1. The summed E-state index contributed by atoms with van der Waals surface area (Å²) in [6.07, 6.45) is 0. The van der Waals surface area contributed by atoms with Gasteiger partial charge in [-0.2, -0.15) is 0 Å². The summed E-state index contributed by atoms with van der Waals surface area (Å²) < 4.78 is 0. The summed E-state index contributed by atoms with van der Waals surface area (Å²) in [6, 6.07) is 0.203. The van der Waals surface area contributed by atoms with Crippen LogP contribution in [0.1, 0.15) is 34.6 Å². The SMILES string of the molecule is CCN(CC(=O)NC(C)C)CC(C)(C)CN. The van der Waals surface area contributed by atoms with Gasteiger partial charge in [0, 0.05) is 12.6 Å². The fourth-order valence-corrected chi connectivity index (χ4v) is 1.52.